The van der Waals surface area contributed by atoms with E-state index >= 15 is 0 Å². The fourth-order valence-electron chi connectivity index (χ4n) is 3.62. The maximum absolute atomic E-state index is 11.7. The Balaban J connectivity index is 3.44. The number of hydrogen-bond donors (Lipinski definition) is 2. The Labute approximate surface area is 187 Å². The summed E-state index contributed by atoms with van der Waals surface area (Å²) in [5.74, 6) is -4.28. The molecule has 0 fully saturated rings. The van der Waals surface area contributed by atoms with Crippen LogP contribution in [0.25, 0.3) is 0 Å². The SMILES string of the molecule is CCCCCCCCCCCCCCCCCCOC(=O)CC(CC(=O)O)C(=O)OO. The van der Waals surface area contributed by atoms with Crippen molar-refractivity contribution in [3.05, 3.63) is 0 Å². The topological polar surface area (TPSA) is 110 Å². The molecule has 0 heterocycles. The van der Waals surface area contributed by atoms with E-state index < -0.39 is 36.7 Å². The summed E-state index contributed by atoms with van der Waals surface area (Å²) in [4.78, 5) is 37.2. The highest BCUT2D eigenvalue weighted by Crippen LogP contribution is 2.15. The summed E-state index contributed by atoms with van der Waals surface area (Å²) in [5.41, 5.74) is 0. The van der Waals surface area contributed by atoms with Gasteiger partial charge in [0, 0.05) is 0 Å². The minimum atomic E-state index is -1.25. The summed E-state index contributed by atoms with van der Waals surface area (Å²) in [6.45, 7) is 2.51. The van der Waals surface area contributed by atoms with Gasteiger partial charge < -0.3 is 14.7 Å². The average molecular weight is 445 g/mol. The van der Waals surface area contributed by atoms with Crippen molar-refractivity contribution >= 4 is 17.9 Å². The maximum Gasteiger partial charge on any atom is 0.346 e. The third-order valence-corrected chi connectivity index (χ3v) is 5.52. The van der Waals surface area contributed by atoms with E-state index in [1.807, 2.05) is 0 Å². The van der Waals surface area contributed by atoms with Gasteiger partial charge in [0.2, 0.25) is 0 Å². The molecule has 1 unspecified atom stereocenters. The van der Waals surface area contributed by atoms with E-state index in [1.54, 1.807) is 0 Å². The van der Waals surface area contributed by atoms with E-state index in [2.05, 4.69) is 11.8 Å². The normalized spacial score (nSPS) is 11.8. The second kappa shape index (κ2) is 21.6. The summed E-state index contributed by atoms with van der Waals surface area (Å²) < 4.78 is 5.05. The molecule has 182 valence electrons. The molecule has 0 saturated carbocycles. The van der Waals surface area contributed by atoms with Crippen molar-refractivity contribution < 1.29 is 34.4 Å². The van der Waals surface area contributed by atoms with E-state index in [-0.39, 0.29) is 6.61 Å². The predicted octanol–water partition coefficient (Wildman–Crippen LogP) is 6.29. The zero-order chi connectivity index (χ0) is 23.2. The highest BCUT2D eigenvalue weighted by Gasteiger charge is 2.27. The lowest BCUT2D eigenvalue weighted by atomic mass is 10.0. The van der Waals surface area contributed by atoms with Crippen molar-refractivity contribution in [1.82, 2.24) is 0 Å². The number of ether oxygens (including phenoxy) is 1. The summed E-state index contributed by atoms with van der Waals surface area (Å²) in [6.07, 6.45) is 19.2. The number of hydrogen-bond acceptors (Lipinski definition) is 6. The van der Waals surface area contributed by atoms with Gasteiger partial charge in [0.15, 0.2) is 0 Å². The molecule has 7 nitrogen and oxygen atoms in total. The molecular weight excluding hydrogens is 400 g/mol. The molecule has 0 amide bonds. The van der Waals surface area contributed by atoms with Gasteiger partial charge in [0.25, 0.3) is 0 Å². The van der Waals surface area contributed by atoms with Gasteiger partial charge in [-0.3, -0.25) is 9.59 Å². The molecule has 0 spiro atoms. The molecule has 0 radical (unpaired) electrons. The third-order valence-electron chi connectivity index (χ3n) is 5.52. The second-order valence-corrected chi connectivity index (χ2v) is 8.43. The van der Waals surface area contributed by atoms with Crippen molar-refractivity contribution in [3.8, 4) is 0 Å². The van der Waals surface area contributed by atoms with Crippen LogP contribution >= 0.6 is 0 Å². The fraction of sp³-hybridized carbons (Fsp3) is 0.875. The number of carboxylic acids is 1. The van der Waals surface area contributed by atoms with Crippen molar-refractivity contribution in [2.45, 2.75) is 122 Å². The van der Waals surface area contributed by atoms with Gasteiger partial charge in [-0.1, -0.05) is 103 Å². The third kappa shape index (κ3) is 20.0. The van der Waals surface area contributed by atoms with Crippen molar-refractivity contribution in [1.29, 1.82) is 0 Å². The lowest BCUT2D eigenvalue weighted by molar-refractivity contribution is -0.239. The minimum Gasteiger partial charge on any atom is -0.481 e. The molecule has 2 N–H and O–H groups in total. The summed E-state index contributed by atoms with van der Waals surface area (Å²) in [6, 6.07) is 0. The number of carbonyl (C=O) groups excluding carboxylic acids is 2. The first-order valence-electron chi connectivity index (χ1n) is 12.2. The van der Waals surface area contributed by atoms with E-state index in [0.29, 0.717) is 0 Å². The molecule has 0 aliphatic heterocycles. The van der Waals surface area contributed by atoms with Crippen LogP contribution in [0.4, 0.5) is 0 Å². The number of carboxylic acid groups (broad SMARTS) is 1. The average Bonchev–Trinajstić information content (AvgIpc) is 2.74. The fourth-order valence-corrected chi connectivity index (χ4v) is 3.62. The Morgan fingerprint density at radius 2 is 1.10 bits per heavy atom. The molecule has 31 heavy (non-hydrogen) atoms. The van der Waals surface area contributed by atoms with Gasteiger partial charge in [-0.25, -0.2) is 4.79 Å². The van der Waals surface area contributed by atoms with E-state index in [4.69, 9.17) is 15.1 Å². The molecule has 0 aromatic rings. The highest BCUT2D eigenvalue weighted by atomic mass is 17.1. The van der Waals surface area contributed by atoms with Gasteiger partial charge in [-0.05, 0) is 6.42 Å². The van der Waals surface area contributed by atoms with Crippen molar-refractivity contribution in [2.75, 3.05) is 6.61 Å². The van der Waals surface area contributed by atoms with Crippen molar-refractivity contribution in [2.24, 2.45) is 5.92 Å². The second-order valence-electron chi connectivity index (χ2n) is 8.43. The monoisotopic (exact) mass is 444 g/mol. The summed E-state index contributed by atoms with van der Waals surface area (Å²) in [5, 5.41) is 17.1. The van der Waals surface area contributed by atoms with Crippen LogP contribution in [0, 0.1) is 5.92 Å². The summed E-state index contributed by atoms with van der Waals surface area (Å²) in [7, 11) is 0. The minimum absolute atomic E-state index is 0.255. The number of esters is 1. The molecule has 0 saturated heterocycles. The van der Waals surface area contributed by atoms with Gasteiger partial charge in [-0.15, -0.1) is 0 Å². The van der Waals surface area contributed by atoms with E-state index in [0.717, 1.165) is 19.3 Å². The van der Waals surface area contributed by atoms with Crippen LogP contribution in [0.3, 0.4) is 0 Å². The molecule has 7 heteroatoms. The highest BCUT2D eigenvalue weighted by molar-refractivity contribution is 5.83. The van der Waals surface area contributed by atoms with Gasteiger partial charge in [0.1, 0.15) is 0 Å². The Morgan fingerprint density at radius 1 is 0.677 bits per heavy atom. The van der Waals surface area contributed by atoms with Gasteiger partial charge in [0.05, 0.1) is 25.4 Å². The lowest BCUT2D eigenvalue weighted by Crippen LogP contribution is -2.24. The molecule has 0 aliphatic carbocycles. The van der Waals surface area contributed by atoms with Crippen LogP contribution in [-0.2, 0) is 24.0 Å². The van der Waals surface area contributed by atoms with Crippen LogP contribution in [0.15, 0.2) is 0 Å². The number of carbonyl (C=O) groups is 3. The number of unbranched alkanes of at least 4 members (excludes halogenated alkanes) is 15. The molecular formula is C24H44O7. The summed E-state index contributed by atoms with van der Waals surface area (Å²) >= 11 is 0. The van der Waals surface area contributed by atoms with Crippen LogP contribution in [0.1, 0.15) is 122 Å². The zero-order valence-electron chi connectivity index (χ0n) is 19.4. The Bertz CT molecular complexity index is 465. The maximum atomic E-state index is 11.7. The first-order chi connectivity index (χ1) is 15.0. The van der Waals surface area contributed by atoms with Gasteiger partial charge in [-0.2, -0.15) is 5.26 Å². The Morgan fingerprint density at radius 3 is 1.48 bits per heavy atom. The Hall–Kier alpha value is -1.63. The largest absolute Gasteiger partial charge is 0.481 e. The smallest absolute Gasteiger partial charge is 0.346 e. The molecule has 0 bridgehead atoms. The molecule has 0 aromatic heterocycles. The standard InChI is InChI=1S/C24H44O7/c1-2-3-4-5-6-7-8-9-10-11-12-13-14-15-16-17-18-30-23(27)20-21(19-22(25)26)24(28)31-29/h21,29H,2-20H2,1H3,(H,25,26). The quantitative estimate of drug-likeness (QED) is 0.0873. The Kier molecular flexibility index (Phi) is 20.5. The molecule has 1 atom stereocenters. The van der Waals surface area contributed by atoms with E-state index in [1.165, 1.54) is 83.5 Å². The number of rotatable bonds is 22. The van der Waals surface area contributed by atoms with Crippen LogP contribution in [0.2, 0.25) is 0 Å². The van der Waals surface area contributed by atoms with E-state index in [9.17, 15) is 14.4 Å². The van der Waals surface area contributed by atoms with Crippen LogP contribution in [-0.4, -0.2) is 34.9 Å². The number of aliphatic carboxylic acids is 1. The lowest BCUT2D eigenvalue weighted by Gasteiger charge is -2.10. The van der Waals surface area contributed by atoms with Crippen LogP contribution in [0.5, 0.6) is 0 Å². The first-order valence-corrected chi connectivity index (χ1v) is 12.2. The molecule has 0 aliphatic rings. The van der Waals surface area contributed by atoms with Crippen LogP contribution < -0.4 is 0 Å². The zero-order valence-corrected chi connectivity index (χ0v) is 19.4. The van der Waals surface area contributed by atoms with Gasteiger partial charge >= 0.3 is 17.9 Å². The predicted molar refractivity (Wildman–Crippen MR) is 120 cm³/mol. The van der Waals surface area contributed by atoms with Crippen molar-refractivity contribution in [3.63, 3.8) is 0 Å². The molecule has 0 rings (SSSR count). The first kappa shape index (κ1) is 29.4. The molecule has 0 aromatic carbocycles.